The average Bonchev–Trinajstić information content (AvgIpc) is 3.12. The van der Waals surface area contributed by atoms with E-state index in [4.69, 9.17) is 40.4 Å². The summed E-state index contributed by atoms with van der Waals surface area (Å²) in [5, 5.41) is 10.0. The number of hydrogen-bond donors (Lipinski definition) is 2. The third-order valence-electron chi connectivity index (χ3n) is 8.56. The molecule has 0 aliphatic carbocycles. The van der Waals surface area contributed by atoms with Crippen molar-refractivity contribution in [3.05, 3.63) is 100 Å². The second-order valence-electron chi connectivity index (χ2n) is 11.3. The van der Waals surface area contributed by atoms with Gasteiger partial charge in [-0.1, -0.05) is 65.7 Å². The highest BCUT2D eigenvalue weighted by Gasteiger charge is 2.31. The number of nitrogens with zero attached hydrogens (tertiary/aromatic N) is 4. The Balaban J connectivity index is 1.30. The molecule has 2 aliphatic rings. The van der Waals surface area contributed by atoms with Gasteiger partial charge in [0.15, 0.2) is 5.11 Å². The monoisotopic (exact) mass is 644 g/mol. The first-order valence-electron chi connectivity index (χ1n) is 14.6. The molecule has 4 aromatic rings. The number of likely N-dealkylation sites (tertiary alicyclic amines) is 1. The van der Waals surface area contributed by atoms with Crippen LogP contribution >= 0.6 is 35.4 Å². The smallest absolute Gasteiger partial charge is 0.272 e. The van der Waals surface area contributed by atoms with Crippen molar-refractivity contribution < 1.29 is 4.79 Å². The lowest BCUT2D eigenvalue weighted by molar-refractivity contribution is -0.119. The first-order chi connectivity index (χ1) is 21.2. The molecular formula is C34H34Cl2N6OS. The van der Waals surface area contributed by atoms with Crippen LogP contribution in [0, 0.1) is 0 Å². The maximum Gasteiger partial charge on any atom is 0.272 e. The molecule has 6 rings (SSSR count). The van der Waals surface area contributed by atoms with Crippen LogP contribution in [-0.4, -0.2) is 68.1 Å². The molecule has 2 N–H and O–H groups in total. The van der Waals surface area contributed by atoms with Crippen molar-refractivity contribution in [2.24, 2.45) is 4.99 Å². The molecule has 2 aliphatic heterocycles. The number of amides is 1. The van der Waals surface area contributed by atoms with Gasteiger partial charge in [-0.2, -0.15) is 0 Å². The van der Waals surface area contributed by atoms with E-state index < -0.39 is 6.17 Å². The third-order valence-corrected chi connectivity index (χ3v) is 9.34. The Morgan fingerprint density at radius 1 is 0.932 bits per heavy atom. The second-order valence-corrected chi connectivity index (χ2v) is 12.6. The average molecular weight is 646 g/mol. The molecule has 0 radical (unpaired) electrons. The summed E-state index contributed by atoms with van der Waals surface area (Å²) in [5.74, 6) is -0.264. The number of carbonyl (C=O) groups excluding carboxylic acids is 1. The fourth-order valence-corrected chi connectivity index (χ4v) is 6.69. The van der Waals surface area contributed by atoms with E-state index in [0.29, 0.717) is 38.6 Å². The molecule has 2 heterocycles. The van der Waals surface area contributed by atoms with E-state index in [2.05, 4.69) is 64.9 Å². The molecule has 44 heavy (non-hydrogen) atoms. The van der Waals surface area contributed by atoms with Crippen molar-refractivity contribution in [3.8, 4) is 0 Å². The second kappa shape index (κ2) is 12.7. The van der Waals surface area contributed by atoms with Crippen LogP contribution in [-0.2, 0) is 4.79 Å². The van der Waals surface area contributed by atoms with Gasteiger partial charge < -0.3 is 25.3 Å². The Labute approximate surface area is 273 Å². The molecule has 1 atom stereocenters. The van der Waals surface area contributed by atoms with Crippen molar-refractivity contribution in [1.29, 1.82) is 0 Å². The number of benzodiazepines with no additional fused rings is 1. The molecule has 1 unspecified atom stereocenters. The molecule has 10 heteroatoms. The molecule has 0 bridgehead atoms. The van der Waals surface area contributed by atoms with E-state index in [-0.39, 0.29) is 11.0 Å². The minimum Gasteiger partial charge on any atom is -0.371 e. The SMILES string of the molecule is CN1CCC(N(C)c2ccc(NC(=S)NC3N=C(c4ccccc4Cl)c4cc(Cl)ccc4N(C)C3=O)c3ccccc23)CC1. The molecule has 226 valence electrons. The van der Waals surface area contributed by atoms with E-state index >= 15 is 0 Å². The molecule has 1 amide bonds. The van der Waals surface area contributed by atoms with Gasteiger partial charge in [-0.15, -0.1) is 0 Å². The fraction of sp³-hybridized carbons (Fsp3) is 0.265. The van der Waals surface area contributed by atoms with Crippen molar-refractivity contribution in [1.82, 2.24) is 10.2 Å². The van der Waals surface area contributed by atoms with E-state index in [1.165, 1.54) is 5.69 Å². The maximum absolute atomic E-state index is 13.7. The predicted octanol–water partition coefficient (Wildman–Crippen LogP) is 6.80. The molecule has 4 aromatic carbocycles. The highest BCUT2D eigenvalue weighted by Crippen LogP contribution is 2.35. The van der Waals surface area contributed by atoms with Crippen LogP contribution in [0.5, 0.6) is 0 Å². The Morgan fingerprint density at radius 2 is 1.64 bits per heavy atom. The number of piperidine rings is 1. The molecule has 1 fully saturated rings. The van der Waals surface area contributed by atoms with Gasteiger partial charge in [-0.25, -0.2) is 4.99 Å². The standard InChI is InChI=1S/C34H34Cl2N6OS/c1-40-18-16-22(17-19-40)41(2)29-15-13-28(23-8-4-5-9-24(23)29)37-34(44)39-32-33(43)42(3)30-14-12-21(35)20-26(30)31(38-32)25-10-6-7-11-27(25)36/h4-15,20,22,32H,16-19H2,1-3H3,(H2,37,39,44). The zero-order chi connectivity index (χ0) is 31.0. The first-order valence-corrected chi connectivity index (χ1v) is 15.8. The summed E-state index contributed by atoms with van der Waals surface area (Å²) in [5.41, 5.74) is 4.67. The number of anilines is 3. The Bertz CT molecular complexity index is 1770. The van der Waals surface area contributed by atoms with E-state index in [1.54, 1.807) is 30.1 Å². The lowest BCUT2D eigenvalue weighted by atomic mass is 10.00. The third kappa shape index (κ3) is 6.00. The Hall–Kier alpha value is -3.69. The van der Waals surface area contributed by atoms with Crippen LogP contribution in [0.15, 0.2) is 83.9 Å². The number of thiocarbonyl (C=S) groups is 1. The summed E-state index contributed by atoms with van der Waals surface area (Å²) in [7, 11) is 6.09. The minimum atomic E-state index is -1.00. The van der Waals surface area contributed by atoms with Gasteiger partial charge in [-0.05, 0) is 81.6 Å². The van der Waals surface area contributed by atoms with Crippen LogP contribution in [0.1, 0.15) is 24.0 Å². The topological polar surface area (TPSA) is 63.2 Å². The largest absolute Gasteiger partial charge is 0.371 e. The first kappa shape index (κ1) is 30.3. The normalized spacial score (nSPS) is 17.6. The lowest BCUT2D eigenvalue weighted by Gasteiger charge is -2.37. The van der Waals surface area contributed by atoms with Crippen molar-refractivity contribution in [2.75, 3.05) is 49.3 Å². The van der Waals surface area contributed by atoms with E-state index in [0.717, 1.165) is 42.4 Å². The van der Waals surface area contributed by atoms with Gasteiger partial charge in [0.1, 0.15) is 0 Å². The lowest BCUT2D eigenvalue weighted by Crippen LogP contribution is -2.47. The quantitative estimate of drug-likeness (QED) is 0.233. The maximum atomic E-state index is 13.7. The number of rotatable bonds is 5. The molecule has 0 aromatic heterocycles. The summed E-state index contributed by atoms with van der Waals surface area (Å²) in [6.45, 7) is 2.20. The van der Waals surface area contributed by atoms with Crippen LogP contribution in [0.25, 0.3) is 10.8 Å². The number of halogens is 2. The van der Waals surface area contributed by atoms with Gasteiger partial charge in [0.25, 0.3) is 5.91 Å². The van der Waals surface area contributed by atoms with E-state index in [1.807, 2.05) is 30.3 Å². The molecule has 1 saturated heterocycles. The van der Waals surface area contributed by atoms with Crippen molar-refractivity contribution in [2.45, 2.75) is 25.0 Å². The van der Waals surface area contributed by atoms with Crippen molar-refractivity contribution >= 4 is 80.0 Å². The number of aliphatic imine (C=N–C) groups is 1. The Morgan fingerprint density at radius 3 is 2.39 bits per heavy atom. The van der Waals surface area contributed by atoms with Gasteiger partial charge >= 0.3 is 0 Å². The van der Waals surface area contributed by atoms with Crippen LogP contribution in [0.3, 0.4) is 0 Å². The summed E-state index contributed by atoms with van der Waals surface area (Å²) in [6, 6.07) is 25.8. The molecular weight excluding hydrogens is 611 g/mol. The summed E-state index contributed by atoms with van der Waals surface area (Å²) in [4.78, 5) is 25.0. The highest BCUT2D eigenvalue weighted by atomic mass is 35.5. The zero-order valence-electron chi connectivity index (χ0n) is 24.8. The molecule has 7 nitrogen and oxygen atoms in total. The molecule has 0 spiro atoms. The highest BCUT2D eigenvalue weighted by molar-refractivity contribution is 7.80. The van der Waals surface area contributed by atoms with Crippen LogP contribution in [0.4, 0.5) is 17.1 Å². The number of fused-ring (bicyclic) bond motifs is 2. The number of benzene rings is 4. The van der Waals surface area contributed by atoms with E-state index in [9.17, 15) is 4.79 Å². The predicted molar refractivity (Wildman–Crippen MR) is 188 cm³/mol. The number of hydrogen-bond acceptors (Lipinski definition) is 5. The summed E-state index contributed by atoms with van der Waals surface area (Å²) in [6.07, 6.45) is 1.26. The van der Waals surface area contributed by atoms with Crippen LogP contribution in [0.2, 0.25) is 10.0 Å². The van der Waals surface area contributed by atoms with Gasteiger partial charge in [-0.3, -0.25) is 4.79 Å². The zero-order valence-corrected chi connectivity index (χ0v) is 27.2. The number of nitrogens with one attached hydrogen (secondary N) is 2. The number of likely N-dealkylation sites (N-methyl/N-ethyl adjacent to an activating group) is 1. The van der Waals surface area contributed by atoms with Crippen molar-refractivity contribution in [3.63, 3.8) is 0 Å². The van der Waals surface area contributed by atoms with Gasteiger partial charge in [0, 0.05) is 63.5 Å². The van der Waals surface area contributed by atoms with Gasteiger partial charge in [0.05, 0.1) is 11.4 Å². The summed E-state index contributed by atoms with van der Waals surface area (Å²) >= 11 is 18.8. The minimum absolute atomic E-state index is 0.264. The Kier molecular flexibility index (Phi) is 8.78. The molecule has 0 saturated carbocycles. The number of carbonyl (C=O) groups is 1. The summed E-state index contributed by atoms with van der Waals surface area (Å²) < 4.78 is 0. The fourth-order valence-electron chi connectivity index (χ4n) is 6.07. The van der Waals surface area contributed by atoms with Crippen LogP contribution < -0.4 is 20.4 Å². The van der Waals surface area contributed by atoms with Gasteiger partial charge in [0.2, 0.25) is 6.17 Å².